The number of methoxy groups -OCH3 is 5. The number of pyridine rings is 1. The molecule has 0 aliphatic carbocycles. The Morgan fingerprint density at radius 2 is 1.41 bits per heavy atom. The van der Waals surface area contributed by atoms with Crippen LogP contribution in [0, 0.1) is 0 Å². The number of carbonyl (C=O) groups excluding carboxylic acids is 1. The highest BCUT2D eigenvalue weighted by Gasteiger charge is 2.22. The van der Waals surface area contributed by atoms with E-state index in [0.717, 1.165) is 5.39 Å². The third-order valence-electron chi connectivity index (χ3n) is 4.95. The lowest BCUT2D eigenvalue weighted by molar-refractivity contribution is 0.0729. The van der Waals surface area contributed by atoms with Crippen LogP contribution in [-0.4, -0.2) is 46.5 Å². The van der Waals surface area contributed by atoms with Crippen molar-refractivity contribution in [1.29, 1.82) is 0 Å². The van der Waals surface area contributed by atoms with E-state index in [1.807, 2.05) is 0 Å². The maximum atomic E-state index is 13.0. The van der Waals surface area contributed by atoms with E-state index in [2.05, 4.69) is 4.98 Å². The normalized spacial score (nSPS) is 10.8. The van der Waals surface area contributed by atoms with E-state index in [4.69, 9.17) is 32.8 Å². The van der Waals surface area contributed by atoms with Gasteiger partial charge in [0.25, 0.3) is 0 Å². The fraction of sp³-hybridized carbons (Fsp3) is 0.217. The summed E-state index contributed by atoms with van der Waals surface area (Å²) in [5.41, 5.74) is 1.01. The van der Waals surface area contributed by atoms with Crippen molar-refractivity contribution in [3.05, 3.63) is 42.2 Å². The fourth-order valence-corrected chi connectivity index (χ4v) is 3.51. The van der Waals surface area contributed by atoms with E-state index in [1.54, 1.807) is 25.3 Å². The van der Waals surface area contributed by atoms with Crippen LogP contribution in [0.3, 0.4) is 0 Å². The van der Waals surface area contributed by atoms with Crippen molar-refractivity contribution in [3.63, 3.8) is 0 Å². The lowest BCUT2D eigenvalue weighted by Gasteiger charge is -2.15. The molecular formula is C23H21NO8. The molecule has 166 valence electrons. The summed E-state index contributed by atoms with van der Waals surface area (Å²) in [5.74, 6) is 1.41. The average molecular weight is 439 g/mol. The van der Waals surface area contributed by atoms with Crippen LogP contribution in [-0.2, 0) is 0 Å². The van der Waals surface area contributed by atoms with Crippen molar-refractivity contribution in [3.8, 4) is 34.5 Å². The Kier molecular flexibility index (Phi) is 5.63. The second-order valence-corrected chi connectivity index (χ2v) is 6.58. The van der Waals surface area contributed by atoms with Crippen molar-refractivity contribution in [1.82, 2.24) is 4.98 Å². The topological polar surface area (TPSA) is 98.5 Å². The van der Waals surface area contributed by atoms with Gasteiger partial charge in [-0.3, -0.25) is 0 Å². The minimum absolute atomic E-state index is 0.180. The van der Waals surface area contributed by atoms with E-state index >= 15 is 0 Å². The number of fused-ring (bicyclic) bond motifs is 2. The SMILES string of the molecule is COc1cc(C(=O)Oc2ccc3c(OC)c4ccoc4nc3c2OC)cc(OC)c1OC. The molecule has 0 bridgehead atoms. The molecule has 0 saturated heterocycles. The van der Waals surface area contributed by atoms with Crippen LogP contribution < -0.4 is 28.4 Å². The van der Waals surface area contributed by atoms with Crippen LogP contribution in [0.1, 0.15) is 10.4 Å². The molecule has 0 N–H and O–H groups in total. The van der Waals surface area contributed by atoms with E-state index in [0.29, 0.717) is 39.6 Å². The van der Waals surface area contributed by atoms with E-state index in [1.165, 1.54) is 46.8 Å². The fourth-order valence-electron chi connectivity index (χ4n) is 3.51. The number of furan rings is 1. The minimum Gasteiger partial charge on any atom is -0.495 e. The van der Waals surface area contributed by atoms with Gasteiger partial charge >= 0.3 is 5.97 Å². The van der Waals surface area contributed by atoms with Crippen LogP contribution in [0.4, 0.5) is 0 Å². The largest absolute Gasteiger partial charge is 0.495 e. The molecule has 0 fully saturated rings. The molecule has 2 aromatic heterocycles. The summed E-state index contributed by atoms with van der Waals surface area (Å²) in [6, 6.07) is 8.14. The second kappa shape index (κ2) is 8.54. The van der Waals surface area contributed by atoms with Crippen LogP contribution in [0.25, 0.3) is 22.0 Å². The Bertz CT molecular complexity index is 1290. The summed E-state index contributed by atoms with van der Waals surface area (Å²) < 4.78 is 38.1. The molecule has 0 aliphatic heterocycles. The third-order valence-corrected chi connectivity index (χ3v) is 4.95. The van der Waals surface area contributed by atoms with Crippen LogP contribution in [0.2, 0.25) is 0 Å². The zero-order valence-corrected chi connectivity index (χ0v) is 18.2. The first kappa shape index (κ1) is 21.1. The number of hydrogen-bond donors (Lipinski definition) is 0. The van der Waals surface area contributed by atoms with E-state index in [-0.39, 0.29) is 17.1 Å². The Balaban J connectivity index is 1.79. The van der Waals surface area contributed by atoms with Crippen LogP contribution >= 0.6 is 0 Å². The number of benzene rings is 2. The highest BCUT2D eigenvalue weighted by molar-refractivity contribution is 6.03. The highest BCUT2D eigenvalue weighted by atomic mass is 16.6. The molecule has 32 heavy (non-hydrogen) atoms. The van der Waals surface area contributed by atoms with Crippen LogP contribution in [0.15, 0.2) is 41.0 Å². The first-order valence-electron chi connectivity index (χ1n) is 9.50. The molecule has 0 aliphatic rings. The summed E-state index contributed by atoms with van der Waals surface area (Å²) in [6.07, 6.45) is 1.52. The van der Waals surface area contributed by atoms with Crippen molar-refractivity contribution in [2.45, 2.75) is 0 Å². The lowest BCUT2D eigenvalue weighted by atomic mass is 10.1. The number of esters is 1. The first-order chi connectivity index (χ1) is 15.6. The third kappa shape index (κ3) is 3.37. The second-order valence-electron chi connectivity index (χ2n) is 6.58. The molecule has 2 aromatic carbocycles. The van der Waals surface area contributed by atoms with Gasteiger partial charge in [0.05, 0.1) is 52.8 Å². The molecule has 9 nitrogen and oxygen atoms in total. The van der Waals surface area contributed by atoms with Gasteiger partial charge in [-0.05, 0) is 30.3 Å². The predicted molar refractivity (Wildman–Crippen MR) is 116 cm³/mol. The van der Waals surface area contributed by atoms with Gasteiger partial charge in [-0.2, -0.15) is 0 Å². The highest BCUT2D eigenvalue weighted by Crippen LogP contribution is 2.42. The predicted octanol–water partition coefficient (Wildman–Crippen LogP) is 4.24. The molecule has 0 atom stereocenters. The zero-order valence-electron chi connectivity index (χ0n) is 18.2. The number of carbonyl (C=O) groups is 1. The summed E-state index contributed by atoms with van der Waals surface area (Å²) in [5, 5.41) is 1.41. The van der Waals surface area contributed by atoms with E-state index < -0.39 is 5.97 Å². The molecule has 0 saturated carbocycles. The molecule has 0 radical (unpaired) electrons. The van der Waals surface area contributed by atoms with Crippen molar-refractivity contribution in [2.75, 3.05) is 35.5 Å². The number of nitrogens with zero attached hydrogens (tertiary/aromatic N) is 1. The van der Waals surface area contributed by atoms with Gasteiger partial charge in [-0.1, -0.05) is 0 Å². The number of rotatable bonds is 7. The van der Waals surface area contributed by atoms with Crippen LogP contribution in [0.5, 0.6) is 34.5 Å². The molecule has 4 aromatic rings. The van der Waals surface area contributed by atoms with Gasteiger partial charge < -0.3 is 32.8 Å². The molecule has 0 amide bonds. The summed E-state index contributed by atoms with van der Waals surface area (Å²) >= 11 is 0. The monoisotopic (exact) mass is 439 g/mol. The average Bonchev–Trinajstić information content (AvgIpc) is 3.29. The summed E-state index contributed by atoms with van der Waals surface area (Å²) in [7, 11) is 7.44. The van der Waals surface area contributed by atoms with Gasteiger partial charge in [-0.15, -0.1) is 0 Å². The summed E-state index contributed by atoms with van der Waals surface area (Å²) in [6.45, 7) is 0. The number of aromatic nitrogens is 1. The van der Waals surface area contributed by atoms with Crippen molar-refractivity contribution < 1.29 is 37.6 Å². The quantitative estimate of drug-likeness (QED) is 0.309. The minimum atomic E-state index is -0.645. The van der Waals surface area contributed by atoms with E-state index in [9.17, 15) is 4.79 Å². The number of ether oxygens (including phenoxy) is 6. The van der Waals surface area contributed by atoms with Gasteiger partial charge in [-0.25, -0.2) is 9.78 Å². The molecule has 0 spiro atoms. The molecule has 2 heterocycles. The maximum absolute atomic E-state index is 13.0. The van der Waals surface area contributed by atoms with Gasteiger partial charge in [0.15, 0.2) is 23.0 Å². The van der Waals surface area contributed by atoms with Crippen molar-refractivity contribution >= 4 is 28.0 Å². The Morgan fingerprint density at radius 1 is 0.750 bits per heavy atom. The standard InChI is InChI=1S/C23H21NO8/c1-26-16-10-12(11-17(27-2)20(16)29-4)23(25)32-15-7-6-13-18(21(15)30-5)24-22-14(8-9-31-22)19(13)28-3/h6-11H,1-5H3. The van der Waals surface area contributed by atoms with Gasteiger partial charge in [0.2, 0.25) is 11.5 Å². The molecule has 0 unspecified atom stereocenters. The first-order valence-corrected chi connectivity index (χ1v) is 9.50. The number of hydrogen-bond acceptors (Lipinski definition) is 9. The molecule has 4 rings (SSSR count). The Labute approximate surface area is 183 Å². The lowest BCUT2D eigenvalue weighted by Crippen LogP contribution is -2.10. The molecular weight excluding hydrogens is 418 g/mol. The maximum Gasteiger partial charge on any atom is 0.343 e. The zero-order chi connectivity index (χ0) is 22.8. The Morgan fingerprint density at radius 3 is 2.00 bits per heavy atom. The van der Waals surface area contributed by atoms with Crippen molar-refractivity contribution in [2.24, 2.45) is 0 Å². The Hall–Kier alpha value is -4.14. The molecule has 9 heteroatoms. The van der Waals surface area contributed by atoms with Gasteiger partial charge in [0.1, 0.15) is 11.3 Å². The van der Waals surface area contributed by atoms with Gasteiger partial charge in [0, 0.05) is 5.39 Å². The smallest absolute Gasteiger partial charge is 0.343 e. The summed E-state index contributed by atoms with van der Waals surface area (Å²) in [4.78, 5) is 17.5.